The second-order valence-electron chi connectivity index (χ2n) is 5.17. The molecule has 0 bridgehead atoms. The van der Waals surface area contributed by atoms with E-state index in [1.165, 1.54) is 12.2 Å². The molecule has 100 valence electrons. The predicted molar refractivity (Wildman–Crippen MR) is 79.0 cm³/mol. The van der Waals surface area contributed by atoms with Crippen LogP contribution in [0.2, 0.25) is 0 Å². The summed E-state index contributed by atoms with van der Waals surface area (Å²) in [7, 11) is 0. The normalized spacial score (nSPS) is 21.8. The maximum Gasteiger partial charge on any atom is 0.156 e. The zero-order valence-corrected chi connectivity index (χ0v) is 12.6. The lowest BCUT2D eigenvalue weighted by Gasteiger charge is -2.32. The van der Waals surface area contributed by atoms with E-state index in [4.69, 9.17) is 0 Å². The van der Waals surface area contributed by atoms with Gasteiger partial charge in [-0.2, -0.15) is 0 Å². The standard InChI is InChI=1S/C13H27N3S/c1-5-16(6-2)10-7-9-14-12-15-13(3,4)8-11-17-12/h5-11H2,1-4H3,(H,14,15). The zero-order valence-electron chi connectivity index (χ0n) is 11.8. The SMILES string of the molecule is CCN(CC)CCCN=C1NC(C)(C)CCS1. The molecule has 1 aliphatic rings. The Morgan fingerprint density at radius 2 is 2.06 bits per heavy atom. The van der Waals surface area contributed by atoms with Crippen molar-refractivity contribution in [2.45, 2.75) is 46.1 Å². The van der Waals surface area contributed by atoms with Crippen molar-refractivity contribution >= 4 is 16.9 Å². The van der Waals surface area contributed by atoms with Gasteiger partial charge in [-0.15, -0.1) is 0 Å². The molecule has 0 saturated carbocycles. The highest BCUT2D eigenvalue weighted by Gasteiger charge is 2.23. The van der Waals surface area contributed by atoms with Gasteiger partial charge in [0.05, 0.1) is 0 Å². The average Bonchev–Trinajstić information content (AvgIpc) is 2.28. The summed E-state index contributed by atoms with van der Waals surface area (Å²) < 4.78 is 0. The highest BCUT2D eigenvalue weighted by atomic mass is 32.2. The Labute approximate surface area is 110 Å². The van der Waals surface area contributed by atoms with Crippen molar-refractivity contribution in [2.24, 2.45) is 4.99 Å². The van der Waals surface area contributed by atoms with E-state index in [-0.39, 0.29) is 5.54 Å². The van der Waals surface area contributed by atoms with E-state index in [0.29, 0.717) is 0 Å². The van der Waals surface area contributed by atoms with Crippen LogP contribution in [-0.2, 0) is 0 Å². The monoisotopic (exact) mass is 257 g/mol. The van der Waals surface area contributed by atoms with Gasteiger partial charge in [0.1, 0.15) is 0 Å². The molecule has 0 unspecified atom stereocenters. The number of aliphatic imine (C=N–C) groups is 1. The van der Waals surface area contributed by atoms with Gasteiger partial charge in [0, 0.05) is 17.8 Å². The van der Waals surface area contributed by atoms with E-state index in [1.807, 2.05) is 11.8 Å². The smallest absolute Gasteiger partial charge is 0.156 e. The van der Waals surface area contributed by atoms with E-state index < -0.39 is 0 Å². The summed E-state index contributed by atoms with van der Waals surface area (Å²) in [6.07, 6.45) is 2.38. The summed E-state index contributed by atoms with van der Waals surface area (Å²) in [5.74, 6) is 1.19. The van der Waals surface area contributed by atoms with E-state index in [2.05, 4.69) is 42.9 Å². The Bertz CT molecular complexity index is 247. The Morgan fingerprint density at radius 3 is 2.65 bits per heavy atom. The van der Waals surface area contributed by atoms with E-state index in [0.717, 1.165) is 37.8 Å². The Balaban J connectivity index is 2.24. The summed E-state index contributed by atoms with van der Waals surface area (Å²) in [6.45, 7) is 13.3. The molecular weight excluding hydrogens is 230 g/mol. The van der Waals surface area contributed by atoms with Crippen LogP contribution in [-0.4, -0.2) is 47.5 Å². The third kappa shape index (κ3) is 5.77. The summed E-state index contributed by atoms with van der Waals surface area (Å²) in [6, 6.07) is 0. The maximum atomic E-state index is 4.66. The molecule has 1 rings (SSSR count). The van der Waals surface area contributed by atoms with Crippen LogP contribution in [0, 0.1) is 0 Å². The molecule has 17 heavy (non-hydrogen) atoms. The summed E-state index contributed by atoms with van der Waals surface area (Å²) in [4.78, 5) is 7.11. The molecular formula is C13H27N3S. The molecule has 0 radical (unpaired) electrons. The number of amidine groups is 1. The predicted octanol–water partition coefficient (Wildman–Crippen LogP) is 2.58. The molecule has 1 fully saturated rings. The molecule has 0 amide bonds. The van der Waals surface area contributed by atoms with Gasteiger partial charge in [-0.3, -0.25) is 4.99 Å². The molecule has 0 atom stereocenters. The molecule has 0 aromatic heterocycles. The fourth-order valence-corrected chi connectivity index (χ4v) is 3.23. The van der Waals surface area contributed by atoms with Crippen LogP contribution in [0.15, 0.2) is 4.99 Å². The summed E-state index contributed by atoms with van der Waals surface area (Å²) in [5, 5.41) is 4.65. The van der Waals surface area contributed by atoms with Gasteiger partial charge in [0.15, 0.2) is 5.17 Å². The molecule has 0 aromatic carbocycles. The van der Waals surface area contributed by atoms with Gasteiger partial charge in [-0.25, -0.2) is 0 Å². The number of hydrogen-bond donors (Lipinski definition) is 1. The number of nitrogens with zero attached hydrogens (tertiary/aromatic N) is 2. The molecule has 1 N–H and O–H groups in total. The first-order chi connectivity index (χ1) is 8.07. The highest BCUT2D eigenvalue weighted by molar-refractivity contribution is 8.13. The maximum absolute atomic E-state index is 4.66. The fourth-order valence-electron chi connectivity index (χ4n) is 1.89. The van der Waals surface area contributed by atoms with Crippen LogP contribution >= 0.6 is 11.8 Å². The van der Waals surface area contributed by atoms with E-state index >= 15 is 0 Å². The molecule has 4 heteroatoms. The Morgan fingerprint density at radius 1 is 1.35 bits per heavy atom. The second-order valence-corrected chi connectivity index (χ2v) is 6.26. The molecule has 1 heterocycles. The van der Waals surface area contributed by atoms with Crippen molar-refractivity contribution in [3.63, 3.8) is 0 Å². The van der Waals surface area contributed by atoms with Crippen molar-refractivity contribution in [3.8, 4) is 0 Å². The molecule has 0 aliphatic carbocycles. The number of thioether (sulfide) groups is 1. The van der Waals surface area contributed by atoms with Gasteiger partial charge in [-0.1, -0.05) is 25.6 Å². The lowest BCUT2D eigenvalue weighted by atomic mass is 10.0. The van der Waals surface area contributed by atoms with Gasteiger partial charge in [0.2, 0.25) is 0 Å². The van der Waals surface area contributed by atoms with Crippen LogP contribution in [0.25, 0.3) is 0 Å². The van der Waals surface area contributed by atoms with Crippen LogP contribution < -0.4 is 5.32 Å². The molecule has 0 spiro atoms. The molecule has 1 aliphatic heterocycles. The largest absolute Gasteiger partial charge is 0.360 e. The summed E-state index contributed by atoms with van der Waals surface area (Å²) in [5.41, 5.74) is 0.225. The van der Waals surface area contributed by atoms with Crippen molar-refractivity contribution in [1.82, 2.24) is 10.2 Å². The van der Waals surface area contributed by atoms with Gasteiger partial charge in [0.25, 0.3) is 0 Å². The van der Waals surface area contributed by atoms with Crippen molar-refractivity contribution in [1.29, 1.82) is 0 Å². The minimum atomic E-state index is 0.225. The lowest BCUT2D eigenvalue weighted by molar-refractivity contribution is 0.302. The first-order valence-corrected chi connectivity index (χ1v) is 7.73. The third-order valence-corrected chi connectivity index (χ3v) is 4.11. The number of hydrogen-bond acceptors (Lipinski definition) is 3. The molecule has 0 aromatic rings. The van der Waals surface area contributed by atoms with Crippen LogP contribution in [0.3, 0.4) is 0 Å². The minimum Gasteiger partial charge on any atom is -0.360 e. The van der Waals surface area contributed by atoms with Crippen molar-refractivity contribution < 1.29 is 0 Å². The quantitative estimate of drug-likeness (QED) is 0.741. The molecule has 3 nitrogen and oxygen atoms in total. The van der Waals surface area contributed by atoms with Crippen LogP contribution in [0.4, 0.5) is 0 Å². The lowest BCUT2D eigenvalue weighted by Crippen LogP contribution is -2.46. The second kappa shape index (κ2) is 7.27. The van der Waals surface area contributed by atoms with Crippen molar-refractivity contribution in [2.75, 3.05) is 31.9 Å². The fraction of sp³-hybridized carbons (Fsp3) is 0.923. The number of nitrogens with one attached hydrogen (secondary N) is 1. The van der Waals surface area contributed by atoms with Gasteiger partial charge < -0.3 is 10.2 Å². The minimum absolute atomic E-state index is 0.225. The first-order valence-electron chi connectivity index (χ1n) is 6.75. The Kier molecular flexibility index (Phi) is 6.34. The number of rotatable bonds is 6. The van der Waals surface area contributed by atoms with Gasteiger partial charge >= 0.3 is 0 Å². The van der Waals surface area contributed by atoms with Crippen LogP contribution in [0.1, 0.15) is 40.5 Å². The molecule has 1 saturated heterocycles. The first kappa shape index (κ1) is 14.8. The average molecular weight is 257 g/mol. The Hall–Kier alpha value is -0.220. The highest BCUT2D eigenvalue weighted by Crippen LogP contribution is 2.21. The third-order valence-electron chi connectivity index (χ3n) is 3.19. The van der Waals surface area contributed by atoms with Crippen LogP contribution in [0.5, 0.6) is 0 Å². The van der Waals surface area contributed by atoms with Gasteiger partial charge in [-0.05, 0) is 46.3 Å². The van der Waals surface area contributed by atoms with Crippen molar-refractivity contribution in [3.05, 3.63) is 0 Å². The zero-order chi connectivity index (χ0) is 12.7. The summed E-state index contributed by atoms with van der Waals surface area (Å²) >= 11 is 1.86. The topological polar surface area (TPSA) is 27.6 Å². The van der Waals surface area contributed by atoms with E-state index in [1.54, 1.807) is 0 Å². The van der Waals surface area contributed by atoms with E-state index in [9.17, 15) is 0 Å².